The number of thiophene rings is 1. The third-order valence-electron chi connectivity index (χ3n) is 7.43. The van der Waals surface area contributed by atoms with E-state index in [1.165, 1.54) is 47.7 Å². The molecule has 0 saturated carbocycles. The summed E-state index contributed by atoms with van der Waals surface area (Å²) in [7, 11) is 0. The van der Waals surface area contributed by atoms with Crippen LogP contribution >= 0.6 is 11.3 Å². The van der Waals surface area contributed by atoms with Crippen LogP contribution in [0.2, 0.25) is 0 Å². The van der Waals surface area contributed by atoms with Crippen molar-refractivity contribution in [2.75, 3.05) is 13.1 Å². The number of amidine groups is 1. The number of hydrogen-bond donors (Lipinski definition) is 4. The summed E-state index contributed by atoms with van der Waals surface area (Å²) in [4.78, 5) is 41.5. The zero-order valence-electron chi connectivity index (χ0n) is 22.7. The van der Waals surface area contributed by atoms with Gasteiger partial charge in [0.25, 0.3) is 11.8 Å². The van der Waals surface area contributed by atoms with Gasteiger partial charge in [-0.2, -0.15) is 17.6 Å². The summed E-state index contributed by atoms with van der Waals surface area (Å²) in [5.41, 5.74) is 5.66. The Morgan fingerprint density at radius 2 is 1.84 bits per heavy atom. The number of hydrogen-bond acceptors (Lipinski definition) is 6. The Morgan fingerprint density at radius 1 is 1.12 bits per heavy atom. The number of carbonyl (C=O) groups excluding carboxylic acids is 3. The molecule has 5 rings (SSSR count). The number of nitrogens with two attached hydrogens (primary N) is 1. The lowest BCUT2D eigenvalue weighted by atomic mass is 10.0. The summed E-state index contributed by atoms with van der Waals surface area (Å²) in [5.74, 6) is -5.37. The van der Waals surface area contributed by atoms with Crippen LogP contribution in [0.3, 0.4) is 0 Å². The number of benzene rings is 2. The summed E-state index contributed by atoms with van der Waals surface area (Å²) in [6.45, 7) is -2.30. The van der Waals surface area contributed by atoms with Gasteiger partial charge in [0, 0.05) is 34.5 Å². The molecule has 3 amide bonds. The van der Waals surface area contributed by atoms with E-state index < -0.39 is 55.0 Å². The fraction of sp³-hybridized carbons (Fsp3) is 0.310. The van der Waals surface area contributed by atoms with Gasteiger partial charge in [-0.1, -0.05) is 30.3 Å². The van der Waals surface area contributed by atoms with E-state index in [0.717, 1.165) is 4.90 Å². The van der Waals surface area contributed by atoms with Crippen LogP contribution in [0.1, 0.15) is 50.6 Å². The highest BCUT2D eigenvalue weighted by molar-refractivity contribution is 7.14. The number of nitrogen functional groups attached to an aromatic ring is 1. The maximum absolute atomic E-state index is 14.9. The summed E-state index contributed by atoms with van der Waals surface area (Å²) in [6.07, 6.45) is -1.31. The molecule has 1 aromatic heterocycles. The van der Waals surface area contributed by atoms with Crippen LogP contribution in [0.25, 0.3) is 11.1 Å². The fourth-order valence-corrected chi connectivity index (χ4v) is 6.23. The van der Waals surface area contributed by atoms with E-state index in [-0.39, 0.29) is 41.1 Å². The molecule has 2 heterocycles. The molecule has 1 aliphatic heterocycles. The van der Waals surface area contributed by atoms with E-state index in [2.05, 4.69) is 15.4 Å². The van der Waals surface area contributed by atoms with Crippen molar-refractivity contribution in [2.45, 2.75) is 44.1 Å². The van der Waals surface area contributed by atoms with Crippen molar-refractivity contribution in [3.8, 4) is 11.1 Å². The lowest BCUT2D eigenvalue weighted by Crippen LogP contribution is -2.49. The molecule has 2 aromatic carbocycles. The van der Waals surface area contributed by atoms with Crippen molar-refractivity contribution >= 4 is 34.9 Å². The number of alkyl halides is 4. The zero-order valence-corrected chi connectivity index (χ0v) is 23.5. The van der Waals surface area contributed by atoms with Crippen LogP contribution in [0.5, 0.6) is 0 Å². The minimum absolute atomic E-state index is 0.0448. The zero-order chi connectivity index (χ0) is 31.1. The van der Waals surface area contributed by atoms with E-state index in [0.29, 0.717) is 15.3 Å². The standard InChI is InChI=1S/C29H27F4N5O4S/c1-14(22-8-9-23(43-22)25(34)35)37-27(41)21-11-16(42-28(30)31)13-38(21)24(39)12-36-26(40)15-6-7-20-18(10-15)17-4-2-3-5-19(17)29(20,32)33/h2-10,14,16,21,28H,11-13H2,1H3,(H3,34,35)(H,36,40)(H,37,41)/t14?,16-,21+/m1/s1. The molecule has 0 spiro atoms. The molecule has 3 atom stereocenters. The first-order valence-electron chi connectivity index (χ1n) is 13.2. The van der Waals surface area contributed by atoms with E-state index in [1.54, 1.807) is 25.1 Å². The van der Waals surface area contributed by atoms with E-state index in [9.17, 15) is 31.9 Å². The van der Waals surface area contributed by atoms with Gasteiger partial charge in [-0.25, -0.2) is 0 Å². The lowest BCUT2D eigenvalue weighted by Gasteiger charge is -2.25. The number of halogens is 4. The summed E-state index contributed by atoms with van der Waals surface area (Å²) >= 11 is 1.20. The molecular formula is C29H27F4N5O4S. The van der Waals surface area contributed by atoms with Gasteiger partial charge in [0.05, 0.1) is 23.6 Å². The maximum atomic E-state index is 14.9. The molecule has 3 aromatic rings. The van der Waals surface area contributed by atoms with Crippen LogP contribution in [0, 0.1) is 5.41 Å². The average Bonchev–Trinajstić information content (AvgIpc) is 3.68. The second-order valence-electron chi connectivity index (χ2n) is 10.2. The minimum Gasteiger partial charge on any atom is -0.383 e. The largest absolute Gasteiger partial charge is 0.383 e. The Hall–Kier alpha value is -4.30. The first kappa shape index (κ1) is 30.2. The van der Waals surface area contributed by atoms with Crippen LogP contribution < -0.4 is 16.4 Å². The monoisotopic (exact) mass is 617 g/mol. The highest BCUT2D eigenvalue weighted by Gasteiger charge is 2.44. The Morgan fingerprint density at radius 3 is 2.53 bits per heavy atom. The molecule has 1 fully saturated rings. The molecule has 0 radical (unpaired) electrons. The molecule has 226 valence electrons. The minimum atomic E-state index is -3.21. The Balaban J connectivity index is 1.27. The predicted octanol–water partition coefficient (Wildman–Crippen LogP) is 3.97. The number of carbonyl (C=O) groups is 3. The van der Waals surface area contributed by atoms with Gasteiger partial charge < -0.3 is 26.0 Å². The maximum Gasteiger partial charge on any atom is 0.345 e. The fourth-order valence-electron chi connectivity index (χ4n) is 5.36. The third kappa shape index (κ3) is 5.97. The van der Waals surface area contributed by atoms with Gasteiger partial charge >= 0.3 is 6.61 Å². The van der Waals surface area contributed by atoms with Crippen LogP contribution in [-0.4, -0.2) is 60.3 Å². The quantitative estimate of drug-likeness (QED) is 0.164. The number of amides is 3. The topological polar surface area (TPSA) is 138 Å². The molecule has 5 N–H and O–H groups in total. The molecule has 1 aliphatic carbocycles. The molecule has 2 aliphatic rings. The van der Waals surface area contributed by atoms with Crippen LogP contribution in [0.4, 0.5) is 17.6 Å². The molecule has 9 nitrogen and oxygen atoms in total. The third-order valence-corrected chi connectivity index (χ3v) is 8.74. The number of nitrogens with zero attached hydrogens (tertiary/aromatic N) is 1. The molecule has 14 heteroatoms. The SMILES string of the molecule is CC(NC(=O)[C@@H]1C[C@@H](OC(F)F)CN1C(=O)CNC(=O)c1ccc2c(c1)-c1ccccc1C2(F)F)c1ccc(C(=N)N)s1. The lowest BCUT2D eigenvalue weighted by molar-refractivity contribution is -0.160. The number of rotatable bonds is 9. The van der Waals surface area contributed by atoms with Crippen molar-refractivity contribution in [2.24, 2.45) is 5.73 Å². The number of likely N-dealkylation sites (tertiary alicyclic amines) is 1. The Labute approximate surface area is 247 Å². The molecule has 0 bridgehead atoms. The van der Waals surface area contributed by atoms with Crippen molar-refractivity contribution in [1.29, 1.82) is 5.41 Å². The normalized spacial score (nSPS) is 19.1. The van der Waals surface area contributed by atoms with Gasteiger partial charge in [0.2, 0.25) is 11.8 Å². The van der Waals surface area contributed by atoms with Crippen molar-refractivity contribution in [3.63, 3.8) is 0 Å². The van der Waals surface area contributed by atoms with E-state index in [1.807, 2.05) is 0 Å². The van der Waals surface area contributed by atoms with Crippen LogP contribution in [0.15, 0.2) is 54.6 Å². The average molecular weight is 618 g/mol. The van der Waals surface area contributed by atoms with Gasteiger partial charge in [-0.3, -0.25) is 19.8 Å². The summed E-state index contributed by atoms with van der Waals surface area (Å²) in [6, 6.07) is 11.4. The highest BCUT2D eigenvalue weighted by atomic mass is 32.1. The molecule has 1 unspecified atom stereocenters. The Bertz CT molecular complexity index is 1600. The van der Waals surface area contributed by atoms with Gasteiger partial charge in [0.15, 0.2) is 0 Å². The first-order valence-corrected chi connectivity index (χ1v) is 14.1. The second-order valence-corrected chi connectivity index (χ2v) is 11.3. The number of ether oxygens (including phenoxy) is 1. The second kappa shape index (κ2) is 11.8. The molecule has 43 heavy (non-hydrogen) atoms. The van der Waals surface area contributed by atoms with Crippen molar-refractivity contribution < 1.29 is 36.7 Å². The number of nitrogens with one attached hydrogen (secondary N) is 3. The predicted molar refractivity (Wildman–Crippen MR) is 150 cm³/mol. The van der Waals surface area contributed by atoms with Gasteiger partial charge in [-0.15, -0.1) is 11.3 Å². The summed E-state index contributed by atoms with van der Waals surface area (Å²) in [5, 5.41) is 12.7. The van der Waals surface area contributed by atoms with E-state index in [4.69, 9.17) is 11.1 Å². The smallest absolute Gasteiger partial charge is 0.345 e. The van der Waals surface area contributed by atoms with Gasteiger partial charge in [-0.05, 0) is 42.3 Å². The highest BCUT2D eigenvalue weighted by Crippen LogP contribution is 2.50. The number of fused-ring (bicyclic) bond motifs is 3. The Kier molecular flexibility index (Phi) is 8.25. The van der Waals surface area contributed by atoms with Crippen molar-refractivity contribution in [1.82, 2.24) is 15.5 Å². The molecular weight excluding hydrogens is 590 g/mol. The van der Waals surface area contributed by atoms with Crippen LogP contribution in [-0.2, 0) is 20.2 Å². The van der Waals surface area contributed by atoms with Gasteiger partial charge in [0.1, 0.15) is 11.9 Å². The summed E-state index contributed by atoms with van der Waals surface area (Å²) < 4.78 is 60.2. The van der Waals surface area contributed by atoms with Crippen molar-refractivity contribution in [3.05, 3.63) is 81.0 Å². The molecule has 1 saturated heterocycles. The first-order chi connectivity index (χ1) is 20.4. The van der Waals surface area contributed by atoms with E-state index >= 15 is 0 Å².